The van der Waals surface area contributed by atoms with E-state index in [0.717, 1.165) is 6.92 Å². The lowest BCUT2D eigenvalue weighted by atomic mass is 10.5. The van der Waals surface area contributed by atoms with Crippen molar-refractivity contribution in [1.29, 1.82) is 5.26 Å². The van der Waals surface area contributed by atoms with Crippen LogP contribution >= 0.6 is 0 Å². The van der Waals surface area contributed by atoms with Crippen molar-refractivity contribution < 1.29 is 24.6 Å². The molecule has 0 amide bonds. The number of aliphatic carboxylic acids is 2. The van der Waals surface area contributed by atoms with E-state index in [4.69, 9.17) is 15.5 Å². The predicted molar refractivity (Wildman–Crippen MR) is 36.2 cm³/mol. The second-order valence-electron chi connectivity index (χ2n) is 1.59. The number of rotatable bonds is 2. The van der Waals surface area contributed by atoms with Gasteiger partial charge in [0.15, 0.2) is 0 Å². The maximum atomic E-state index is 9.54. The number of nitrogens with zero attached hydrogens (tertiary/aromatic N) is 1. The Labute approximate surface area is 68.0 Å². The van der Waals surface area contributed by atoms with Crippen LogP contribution in [-0.4, -0.2) is 27.9 Å². The zero-order valence-corrected chi connectivity index (χ0v) is 6.27. The van der Waals surface area contributed by atoms with Crippen molar-refractivity contribution in [3.05, 3.63) is 0 Å². The quantitative estimate of drug-likeness (QED) is 0.551. The van der Waals surface area contributed by atoms with Crippen molar-refractivity contribution in [2.45, 2.75) is 13.3 Å². The summed E-state index contributed by atoms with van der Waals surface area (Å²) in [5, 5.41) is 22.9. The van der Waals surface area contributed by atoms with Crippen molar-refractivity contribution in [3.63, 3.8) is 0 Å². The normalized spacial score (nSPS) is 7.00. The third kappa shape index (κ3) is 15.7. The monoisotopic (exact) mass is 173 g/mol. The van der Waals surface area contributed by atoms with E-state index in [2.05, 4.69) is 0 Å². The molecule has 0 spiro atoms. The predicted octanol–water partition coefficient (Wildman–Crippen LogP) is -0.355. The van der Waals surface area contributed by atoms with Crippen molar-refractivity contribution >= 4 is 17.7 Å². The zero-order valence-electron chi connectivity index (χ0n) is 6.27. The van der Waals surface area contributed by atoms with Gasteiger partial charge in [0.1, 0.15) is 6.42 Å². The molecule has 0 bridgehead atoms. The first kappa shape index (κ1) is 12.7. The highest BCUT2D eigenvalue weighted by molar-refractivity contribution is 6.31. The molecule has 0 aromatic carbocycles. The number of hydrogen-bond donors (Lipinski definition) is 2. The van der Waals surface area contributed by atoms with Gasteiger partial charge in [-0.2, -0.15) is 5.26 Å². The molecule has 0 rings (SSSR count). The zero-order chi connectivity index (χ0) is 10.1. The molecule has 12 heavy (non-hydrogen) atoms. The van der Waals surface area contributed by atoms with Crippen LogP contribution in [0.1, 0.15) is 13.3 Å². The van der Waals surface area contributed by atoms with Gasteiger partial charge in [-0.15, -0.1) is 0 Å². The summed E-state index contributed by atoms with van der Waals surface area (Å²) in [4.78, 5) is 28.3. The highest BCUT2D eigenvalue weighted by atomic mass is 16.4. The molecule has 0 unspecified atom stereocenters. The molecule has 0 saturated carbocycles. The van der Waals surface area contributed by atoms with E-state index < -0.39 is 24.1 Å². The van der Waals surface area contributed by atoms with Crippen molar-refractivity contribution in [1.82, 2.24) is 0 Å². The van der Waals surface area contributed by atoms with Gasteiger partial charge >= 0.3 is 11.9 Å². The number of nitriles is 1. The molecular weight excluding hydrogens is 166 g/mol. The van der Waals surface area contributed by atoms with Crippen LogP contribution in [0.3, 0.4) is 0 Å². The van der Waals surface area contributed by atoms with E-state index in [1.807, 2.05) is 0 Å². The van der Waals surface area contributed by atoms with Gasteiger partial charge in [-0.05, 0) is 0 Å². The summed E-state index contributed by atoms with van der Waals surface area (Å²) in [6, 6.07) is 1.47. The Kier molecular flexibility index (Phi) is 7.66. The van der Waals surface area contributed by atoms with Gasteiger partial charge in [-0.3, -0.25) is 9.59 Å². The third-order valence-corrected chi connectivity index (χ3v) is 0.531. The Morgan fingerprint density at radius 3 is 1.67 bits per heavy atom. The van der Waals surface area contributed by atoms with Crippen LogP contribution in [0.4, 0.5) is 0 Å². The fourth-order valence-corrected chi connectivity index (χ4v) is 0.0676. The lowest BCUT2D eigenvalue weighted by Crippen LogP contribution is -2.05. The summed E-state index contributed by atoms with van der Waals surface area (Å²) in [7, 11) is 0. The molecule has 0 aliphatic carbocycles. The highest BCUT2D eigenvalue weighted by Crippen LogP contribution is 1.68. The van der Waals surface area contributed by atoms with E-state index in [0.29, 0.717) is 0 Å². The van der Waals surface area contributed by atoms with Gasteiger partial charge in [0.2, 0.25) is 5.78 Å². The number of hydrogen-bond acceptors (Lipinski definition) is 4. The number of ketones is 1. The average Bonchev–Trinajstić information content (AvgIpc) is 1.87. The van der Waals surface area contributed by atoms with Crippen LogP contribution in [0.5, 0.6) is 0 Å². The van der Waals surface area contributed by atoms with Crippen LogP contribution in [0.15, 0.2) is 0 Å². The highest BCUT2D eigenvalue weighted by Gasteiger charge is 1.98. The minimum absolute atomic E-state index is 0.403. The number of carbonyl (C=O) groups is 3. The summed E-state index contributed by atoms with van der Waals surface area (Å²) in [5.74, 6) is -3.28. The molecule has 0 aliphatic rings. The Morgan fingerprint density at radius 2 is 1.67 bits per heavy atom. The molecule has 0 atom stereocenters. The molecule has 66 valence electrons. The third-order valence-electron chi connectivity index (χ3n) is 0.531. The lowest BCUT2D eigenvalue weighted by molar-refractivity contribution is -0.148. The van der Waals surface area contributed by atoms with Crippen molar-refractivity contribution in [2.75, 3.05) is 0 Å². The smallest absolute Gasteiger partial charge is 0.371 e. The van der Waals surface area contributed by atoms with Crippen LogP contribution in [-0.2, 0) is 14.4 Å². The van der Waals surface area contributed by atoms with E-state index in [9.17, 15) is 14.4 Å². The summed E-state index contributed by atoms with van der Waals surface area (Å²) >= 11 is 0. The van der Waals surface area contributed by atoms with Gasteiger partial charge in [0.25, 0.3) is 0 Å². The Hall–Kier alpha value is -1.90. The number of carboxylic acids is 2. The fourth-order valence-electron chi connectivity index (χ4n) is 0.0676. The Bertz CT molecular complexity index is 215. The topological polar surface area (TPSA) is 115 Å². The van der Waals surface area contributed by atoms with Gasteiger partial charge in [-0.25, -0.2) is 4.79 Å². The maximum absolute atomic E-state index is 9.54. The fraction of sp³-hybridized carbons (Fsp3) is 0.333. The van der Waals surface area contributed by atoms with Gasteiger partial charge in [0, 0.05) is 6.92 Å². The molecular formula is C6H7NO5. The second kappa shape index (κ2) is 7.21. The lowest BCUT2D eigenvalue weighted by Gasteiger charge is -1.73. The molecule has 2 N–H and O–H groups in total. The summed E-state index contributed by atoms with van der Waals surface area (Å²) in [6.45, 7) is 1.00. The SMILES string of the molecule is CC(=O)C(=O)O.N#CCC(=O)O. The molecule has 0 radical (unpaired) electrons. The minimum Gasteiger partial charge on any atom is -0.480 e. The average molecular weight is 173 g/mol. The van der Waals surface area contributed by atoms with Gasteiger partial charge in [-0.1, -0.05) is 0 Å². The van der Waals surface area contributed by atoms with Crippen LogP contribution in [0.25, 0.3) is 0 Å². The molecule has 0 aliphatic heterocycles. The maximum Gasteiger partial charge on any atom is 0.371 e. The van der Waals surface area contributed by atoms with Crippen LogP contribution in [0.2, 0.25) is 0 Å². The number of carbonyl (C=O) groups excluding carboxylic acids is 1. The number of Topliss-reactive ketones (excluding diaryl/α,β-unsaturated/α-hetero) is 1. The minimum atomic E-state index is -1.38. The molecule has 0 fully saturated rings. The second-order valence-corrected chi connectivity index (χ2v) is 1.59. The van der Waals surface area contributed by atoms with Crippen molar-refractivity contribution in [3.8, 4) is 6.07 Å². The van der Waals surface area contributed by atoms with E-state index in [1.165, 1.54) is 6.07 Å². The van der Waals surface area contributed by atoms with E-state index >= 15 is 0 Å². The van der Waals surface area contributed by atoms with Crippen LogP contribution in [0, 0.1) is 11.3 Å². The first-order valence-corrected chi connectivity index (χ1v) is 2.74. The largest absolute Gasteiger partial charge is 0.480 e. The number of carboxylic acid groups (broad SMARTS) is 2. The molecule has 0 saturated heterocycles. The summed E-state index contributed by atoms with van der Waals surface area (Å²) in [5.41, 5.74) is 0. The van der Waals surface area contributed by atoms with E-state index in [1.54, 1.807) is 0 Å². The first-order chi connectivity index (χ1) is 5.41. The Morgan fingerprint density at radius 1 is 1.33 bits per heavy atom. The summed E-state index contributed by atoms with van der Waals surface area (Å²) < 4.78 is 0. The molecule has 6 heteroatoms. The van der Waals surface area contributed by atoms with E-state index in [-0.39, 0.29) is 0 Å². The van der Waals surface area contributed by atoms with Crippen molar-refractivity contribution in [2.24, 2.45) is 0 Å². The molecule has 6 nitrogen and oxygen atoms in total. The Balaban J connectivity index is 0. The van der Waals surface area contributed by atoms with Crippen LogP contribution < -0.4 is 0 Å². The van der Waals surface area contributed by atoms with Gasteiger partial charge < -0.3 is 10.2 Å². The molecule has 0 aromatic heterocycles. The van der Waals surface area contributed by atoms with Gasteiger partial charge in [0.05, 0.1) is 6.07 Å². The molecule has 0 aromatic rings. The molecule has 0 heterocycles. The first-order valence-electron chi connectivity index (χ1n) is 2.74. The standard InChI is InChI=1S/C3H3NO2.C3H4O3/c4-2-1-3(5)6;1-2(4)3(5)6/h1H2,(H,5,6);1H3,(H,5,6). The summed E-state index contributed by atoms with van der Waals surface area (Å²) in [6.07, 6.45) is -0.403.